The Bertz CT molecular complexity index is 910. The van der Waals surface area contributed by atoms with Gasteiger partial charge in [-0.1, -0.05) is 68.4 Å². The monoisotopic (exact) mass is 431 g/mol. The molecule has 0 aliphatic heterocycles. The first-order valence-corrected chi connectivity index (χ1v) is 12.1. The van der Waals surface area contributed by atoms with E-state index in [4.69, 9.17) is 0 Å². The number of benzene rings is 2. The van der Waals surface area contributed by atoms with Crippen LogP contribution >= 0.6 is 0 Å². The molecule has 2 N–H and O–H groups in total. The summed E-state index contributed by atoms with van der Waals surface area (Å²) >= 11 is 0. The van der Waals surface area contributed by atoms with Gasteiger partial charge in [0.2, 0.25) is 15.9 Å². The van der Waals surface area contributed by atoms with Crippen LogP contribution in [0.25, 0.3) is 0 Å². The minimum atomic E-state index is -3.45. The molecule has 0 bridgehead atoms. The lowest BCUT2D eigenvalue weighted by Crippen LogP contribution is -2.40. The molecule has 0 heterocycles. The van der Waals surface area contributed by atoms with E-state index in [2.05, 4.69) is 14.9 Å². The largest absolute Gasteiger partial charge is 0.350 e. The van der Waals surface area contributed by atoms with Crippen LogP contribution in [-0.4, -0.2) is 38.4 Å². The number of hydrogen-bond acceptors (Lipinski definition) is 4. The van der Waals surface area contributed by atoms with E-state index in [1.54, 1.807) is 19.9 Å². The summed E-state index contributed by atoms with van der Waals surface area (Å²) in [5.74, 6) is -0.210. The van der Waals surface area contributed by atoms with Crippen LogP contribution in [0.5, 0.6) is 0 Å². The third-order valence-corrected chi connectivity index (χ3v) is 6.39. The van der Waals surface area contributed by atoms with Crippen molar-refractivity contribution in [2.24, 2.45) is 0 Å². The maximum Gasteiger partial charge on any atom is 0.242 e. The highest BCUT2D eigenvalue weighted by atomic mass is 32.2. The first-order valence-electron chi connectivity index (χ1n) is 10.4. The van der Waals surface area contributed by atoms with E-state index in [0.717, 1.165) is 24.2 Å². The SMILES string of the molecule is CCN(CC)C(C(=O)NCc1ccccc1CS(=O)(=O)NC(C)C)c1ccccc1. The molecule has 7 heteroatoms. The summed E-state index contributed by atoms with van der Waals surface area (Å²) in [4.78, 5) is 15.2. The molecule has 1 atom stereocenters. The first-order chi connectivity index (χ1) is 14.3. The van der Waals surface area contributed by atoms with E-state index in [0.29, 0.717) is 5.56 Å². The molecule has 0 saturated carbocycles. The van der Waals surface area contributed by atoms with E-state index in [1.165, 1.54) is 0 Å². The van der Waals surface area contributed by atoms with Gasteiger partial charge in [-0.15, -0.1) is 0 Å². The van der Waals surface area contributed by atoms with Crippen molar-refractivity contribution in [1.82, 2.24) is 14.9 Å². The highest BCUT2D eigenvalue weighted by Crippen LogP contribution is 2.21. The molecule has 1 amide bonds. The number of amides is 1. The van der Waals surface area contributed by atoms with Gasteiger partial charge in [-0.25, -0.2) is 13.1 Å². The van der Waals surface area contributed by atoms with E-state index < -0.39 is 10.0 Å². The molecule has 0 aromatic heterocycles. The van der Waals surface area contributed by atoms with E-state index in [1.807, 2.05) is 62.4 Å². The summed E-state index contributed by atoms with van der Waals surface area (Å²) < 4.78 is 27.3. The average Bonchev–Trinajstić information content (AvgIpc) is 2.70. The lowest BCUT2D eigenvalue weighted by molar-refractivity contribution is -0.126. The number of sulfonamides is 1. The molecule has 2 aromatic carbocycles. The standard InChI is InChI=1S/C23H33N3O3S/c1-5-26(6-2)22(19-12-8-7-9-13-19)23(27)24-16-20-14-10-11-15-21(20)17-30(28,29)25-18(3)4/h7-15,18,22,25H,5-6,16-17H2,1-4H3,(H,24,27). The van der Waals surface area contributed by atoms with Crippen LogP contribution in [0.1, 0.15) is 50.4 Å². The van der Waals surface area contributed by atoms with Gasteiger partial charge < -0.3 is 5.32 Å². The average molecular weight is 432 g/mol. The Labute approximate surface area is 180 Å². The predicted octanol–water partition coefficient (Wildman–Crippen LogP) is 3.21. The summed E-state index contributed by atoms with van der Waals surface area (Å²) in [7, 11) is -3.45. The highest BCUT2D eigenvalue weighted by molar-refractivity contribution is 7.88. The van der Waals surface area contributed by atoms with Crippen molar-refractivity contribution < 1.29 is 13.2 Å². The summed E-state index contributed by atoms with van der Waals surface area (Å²) in [5.41, 5.74) is 2.42. The molecule has 2 rings (SSSR count). The van der Waals surface area contributed by atoms with Crippen LogP contribution in [0.2, 0.25) is 0 Å². The minimum Gasteiger partial charge on any atom is -0.350 e. The lowest BCUT2D eigenvalue weighted by Gasteiger charge is -2.29. The number of hydrogen-bond donors (Lipinski definition) is 2. The smallest absolute Gasteiger partial charge is 0.242 e. The zero-order valence-electron chi connectivity index (χ0n) is 18.3. The zero-order chi connectivity index (χ0) is 22.1. The normalized spacial score (nSPS) is 12.9. The zero-order valence-corrected chi connectivity index (χ0v) is 19.1. The van der Waals surface area contributed by atoms with Crippen molar-refractivity contribution in [3.63, 3.8) is 0 Å². The molecular formula is C23H33N3O3S. The quantitative estimate of drug-likeness (QED) is 0.573. The molecular weight excluding hydrogens is 398 g/mol. The van der Waals surface area contributed by atoms with Crippen LogP contribution < -0.4 is 10.0 Å². The first kappa shape index (κ1) is 24.1. The Hall–Kier alpha value is -2.22. The molecule has 0 aliphatic rings. The number of carbonyl (C=O) groups is 1. The Morgan fingerprint density at radius 3 is 2.07 bits per heavy atom. The van der Waals surface area contributed by atoms with Gasteiger partial charge >= 0.3 is 0 Å². The summed E-state index contributed by atoms with van der Waals surface area (Å²) in [6, 6.07) is 16.5. The molecule has 0 aliphatic carbocycles. The Kier molecular flexibility index (Phi) is 9.02. The summed E-state index contributed by atoms with van der Waals surface area (Å²) in [6.07, 6.45) is 0. The second kappa shape index (κ2) is 11.2. The molecule has 0 spiro atoms. The van der Waals surface area contributed by atoms with E-state index in [9.17, 15) is 13.2 Å². The fourth-order valence-electron chi connectivity index (χ4n) is 3.51. The van der Waals surface area contributed by atoms with Crippen molar-refractivity contribution in [3.05, 3.63) is 71.3 Å². The lowest BCUT2D eigenvalue weighted by atomic mass is 10.0. The second-order valence-corrected chi connectivity index (χ2v) is 9.31. The van der Waals surface area contributed by atoms with Gasteiger partial charge in [0.1, 0.15) is 6.04 Å². The van der Waals surface area contributed by atoms with E-state index >= 15 is 0 Å². The fraction of sp³-hybridized carbons (Fsp3) is 0.435. The topological polar surface area (TPSA) is 78.5 Å². The number of likely N-dealkylation sites (N-methyl/N-ethyl adjacent to an activating group) is 1. The Morgan fingerprint density at radius 1 is 0.933 bits per heavy atom. The molecule has 164 valence electrons. The summed E-state index contributed by atoms with van der Waals surface area (Å²) in [5, 5.41) is 3.02. The van der Waals surface area contributed by atoms with Gasteiger partial charge in [-0.3, -0.25) is 9.69 Å². The van der Waals surface area contributed by atoms with Gasteiger partial charge in [0.15, 0.2) is 0 Å². The van der Waals surface area contributed by atoms with Crippen molar-refractivity contribution in [3.8, 4) is 0 Å². The summed E-state index contributed by atoms with van der Waals surface area (Å²) in [6.45, 7) is 9.43. The molecule has 30 heavy (non-hydrogen) atoms. The Morgan fingerprint density at radius 2 is 1.50 bits per heavy atom. The predicted molar refractivity (Wildman–Crippen MR) is 121 cm³/mol. The molecule has 0 radical (unpaired) electrons. The van der Waals surface area contributed by atoms with Gasteiger partial charge in [-0.05, 0) is 43.6 Å². The molecule has 0 saturated heterocycles. The van der Waals surface area contributed by atoms with Gasteiger partial charge in [0.05, 0.1) is 5.75 Å². The second-order valence-electron chi connectivity index (χ2n) is 7.55. The van der Waals surface area contributed by atoms with Crippen molar-refractivity contribution in [2.75, 3.05) is 13.1 Å². The number of carbonyl (C=O) groups excluding carboxylic acids is 1. The van der Waals surface area contributed by atoms with Crippen molar-refractivity contribution in [2.45, 2.75) is 52.1 Å². The van der Waals surface area contributed by atoms with Crippen LogP contribution in [0, 0.1) is 0 Å². The maximum atomic E-state index is 13.1. The number of nitrogens with zero attached hydrogens (tertiary/aromatic N) is 1. The van der Waals surface area contributed by atoms with E-state index in [-0.39, 0.29) is 30.3 Å². The molecule has 0 fully saturated rings. The molecule has 1 unspecified atom stereocenters. The minimum absolute atomic E-state index is 0.0946. The third kappa shape index (κ3) is 6.93. The number of rotatable bonds is 11. The van der Waals surface area contributed by atoms with Crippen molar-refractivity contribution in [1.29, 1.82) is 0 Å². The fourth-order valence-corrected chi connectivity index (χ4v) is 5.00. The molecule has 2 aromatic rings. The van der Waals surface area contributed by atoms with Crippen LogP contribution in [0.4, 0.5) is 0 Å². The van der Waals surface area contributed by atoms with Gasteiger partial charge in [-0.2, -0.15) is 0 Å². The highest BCUT2D eigenvalue weighted by Gasteiger charge is 2.25. The Balaban J connectivity index is 2.18. The van der Waals surface area contributed by atoms with Crippen molar-refractivity contribution >= 4 is 15.9 Å². The third-order valence-electron chi connectivity index (χ3n) is 4.87. The van der Waals surface area contributed by atoms with Crippen LogP contribution in [0.3, 0.4) is 0 Å². The number of nitrogens with one attached hydrogen (secondary N) is 2. The molecule has 6 nitrogen and oxygen atoms in total. The van der Waals surface area contributed by atoms with Crippen LogP contribution in [0.15, 0.2) is 54.6 Å². The maximum absolute atomic E-state index is 13.1. The van der Waals surface area contributed by atoms with Gasteiger partial charge in [0, 0.05) is 12.6 Å². The van der Waals surface area contributed by atoms with Gasteiger partial charge in [0.25, 0.3) is 0 Å². The van der Waals surface area contributed by atoms with Crippen LogP contribution in [-0.2, 0) is 27.1 Å².